The molecule has 2 N–H and O–H groups in total. The topological polar surface area (TPSA) is 113 Å². The van der Waals surface area contributed by atoms with Gasteiger partial charge in [-0.15, -0.1) is 0 Å². The predicted molar refractivity (Wildman–Crippen MR) is 76.4 cm³/mol. The molecule has 0 radical (unpaired) electrons. The highest BCUT2D eigenvalue weighted by Gasteiger charge is 2.17. The highest BCUT2D eigenvalue weighted by molar-refractivity contribution is 5.91. The van der Waals surface area contributed by atoms with Gasteiger partial charge in [-0.1, -0.05) is 6.92 Å². The van der Waals surface area contributed by atoms with Crippen molar-refractivity contribution >= 4 is 23.4 Å². The van der Waals surface area contributed by atoms with Crippen molar-refractivity contribution in [3.8, 4) is 0 Å². The number of amides is 2. The number of carbonyl (C=O) groups excluding carboxylic acids is 1. The fraction of sp³-hybridized carbons (Fsp3) is 0.385. The average Bonchev–Trinajstić information content (AvgIpc) is 2.37. The van der Waals surface area contributed by atoms with Crippen LogP contribution in [0.5, 0.6) is 0 Å². The third kappa shape index (κ3) is 4.75. The predicted octanol–water partition coefficient (Wildman–Crippen LogP) is 2.23. The summed E-state index contributed by atoms with van der Waals surface area (Å²) in [5, 5.41) is 22.0. The first-order chi connectivity index (χ1) is 9.85. The molecule has 0 saturated carbocycles. The lowest BCUT2D eigenvalue weighted by Crippen LogP contribution is -2.39. The average molecular weight is 295 g/mol. The monoisotopic (exact) mass is 295 g/mol. The number of aliphatic carboxylic acids is 1. The third-order valence-corrected chi connectivity index (χ3v) is 2.75. The molecule has 0 aliphatic carbocycles. The Hall–Kier alpha value is -2.64. The molecule has 0 fully saturated rings. The van der Waals surface area contributed by atoms with E-state index in [0.29, 0.717) is 24.2 Å². The zero-order valence-corrected chi connectivity index (χ0v) is 11.8. The van der Waals surface area contributed by atoms with E-state index >= 15 is 0 Å². The van der Waals surface area contributed by atoms with E-state index in [4.69, 9.17) is 5.11 Å². The van der Waals surface area contributed by atoms with Gasteiger partial charge in [0, 0.05) is 23.9 Å². The zero-order chi connectivity index (χ0) is 16.0. The first-order valence-electron chi connectivity index (χ1n) is 6.38. The van der Waals surface area contributed by atoms with Crippen molar-refractivity contribution in [1.82, 2.24) is 4.90 Å². The van der Waals surface area contributed by atoms with E-state index in [0.717, 1.165) is 0 Å². The molecule has 0 aliphatic heterocycles. The van der Waals surface area contributed by atoms with Gasteiger partial charge in [0.1, 0.15) is 6.54 Å². The van der Waals surface area contributed by atoms with Crippen LogP contribution in [-0.2, 0) is 4.79 Å². The van der Waals surface area contributed by atoms with Crippen LogP contribution in [0.3, 0.4) is 0 Å². The lowest BCUT2D eigenvalue weighted by Gasteiger charge is -2.20. The molecule has 0 aromatic heterocycles. The van der Waals surface area contributed by atoms with E-state index in [1.807, 2.05) is 6.92 Å². The molecule has 1 aromatic carbocycles. The zero-order valence-electron chi connectivity index (χ0n) is 11.8. The largest absolute Gasteiger partial charge is 0.480 e. The Labute approximate surface area is 121 Å². The minimum absolute atomic E-state index is 0.0380. The molecular formula is C13H17N3O5. The molecule has 0 aliphatic rings. The molecule has 114 valence electrons. The van der Waals surface area contributed by atoms with E-state index in [-0.39, 0.29) is 5.69 Å². The fourth-order valence-corrected chi connectivity index (χ4v) is 1.83. The molecule has 8 nitrogen and oxygen atoms in total. The van der Waals surface area contributed by atoms with Gasteiger partial charge in [0.25, 0.3) is 5.69 Å². The molecule has 1 aromatic rings. The molecule has 0 bridgehead atoms. The number of rotatable bonds is 6. The molecule has 0 heterocycles. The second-order valence-electron chi connectivity index (χ2n) is 4.50. The second kappa shape index (κ2) is 7.22. The Bertz CT molecular complexity index is 559. The molecule has 21 heavy (non-hydrogen) atoms. The number of carbonyl (C=O) groups is 2. The van der Waals surface area contributed by atoms with E-state index < -0.39 is 23.5 Å². The number of carboxylic acids is 1. The Kier molecular flexibility index (Phi) is 5.65. The smallest absolute Gasteiger partial charge is 0.323 e. The molecular weight excluding hydrogens is 278 g/mol. The van der Waals surface area contributed by atoms with Crippen LogP contribution in [0.4, 0.5) is 16.2 Å². The summed E-state index contributed by atoms with van der Waals surface area (Å²) in [6.45, 7) is 3.31. The number of nitro benzene ring substituents is 1. The second-order valence-corrected chi connectivity index (χ2v) is 4.50. The van der Waals surface area contributed by atoms with Crippen LogP contribution in [-0.4, -0.2) is 40.0 Å². The van der Waals surface area contributed by atoms with Crippen molar-refractivity contribution in [3.63, 3.8) is 0 Å². The molecule has 8 heteroatoms. The van der Waals surface area contributed by atoms with Crippen molar-refractivity contribution in [2.45, 2.75) is 20.3 Å². The van der Waals surface area contributed by atoms with Gasteiger partial charge in [-0.2, -0.15) is 0 Å². The molecule has 0 saturated heterocycles. The normalized spacial score (nSPS) is 10.0. The van der Waals surface area contributed by atoms with E-state index in [1.165, 1.54) is 23.1 Å². The van der Waals surface area contributed by atoms with E-state index in [9.17, 15) is 19.7 Å². The third-order valence-electron chi connectivity index (χ3n) is 2.75. The minimum atomic E-state index is -1.10. The summed E-state index contributed by atoms with van der Waals surface area (Å²) in [7, 11) is 0. The number of nitrogens with zero attached hydrogens (tertiary/aromatic N) is 2. The van der Waals surface area contributed by atoms with Crippen molar-refractivity contribution in [2.24, 2.45) is 0 Å². The summed E-state index contributed by atoms with van der Waals surface area (Å²) in [5.74, 6) is -1.10. The Morgan fingerprint density at radius 1 is 1.43 bits per heavy atom. The van der Waals surface area contributed by atoms with Gasteiger partial charge in [-0.05, 0) is 25.5 Å². The van der Waals surface area contributed by atoms with Gasteiger partial charge >= 0.3 is 12.0 Å². The maximum atomic E-state index is 12.0. The van der Waals surface area contributed by atoms with Crippen molar-refractivity contribution in [1.29, 1.82) is 0 Å². The van der Waals surface area contributed by atoms with Crippen LogP contribution >= 0.6 is 0 Å². The summed E-state index contributed by atoms with van der Waals surface area (Å²) in [5.41, 5.74) is 0.761. The SMILES string of the molecule is CCCN(CC(=O)O)C(=O)Nc1ccc([N+](=O)[O-])c(C)c1. The van der Waals surface area contributed by atoms with Gasteiger partial charge in [0.05, 0.1) is 4.92 Å². The van der Waals surface area contributed by atoms with Crippen LogP contribution in [0, 0.1) is 17.0 Å². The Morgan fingerprint density at radius 2 is 2.10 bits per heavy atom. The van der Waals surface area contributed by atoms with Crippen molar-refractivity contribution < 1.29 is 19.6 Å². The number of hydrogen-bond donors (Lipinski definition) is 2. The number of benzene rings is 1. The highest BCUT2D eigenvalue weighted by Crippen LogP contribution is 2.21. The summed E-state index contributed by atoms with van der Waals surface area (Å²) in [6, 6.07) is 3.63. The number of aryl methyl sites for hydroxylation is 1. The number of anilines is 1. The van der Waals surface area contributed by atoms with Crippen molar-refractivity contribution in [2.75, 3.05) is 18.4 Å². The standard InChI is InChI=1S/C13H17N3O5/c1-3-6-15(8-12(17)18)13(19)14-10-4-5-11(16(20)21)9(2)7-10/h4-5,7H,3,6,8H2,1-2H3,(H,14,19)(H,17,18). The fourth-order valence-electron chi connectivity index (χ4n) is 1.83. The van der Waals surface area contributed by atoms with Gasteiger partial charge in [-0.25, -0.2) is 4.79 Å². The number of nitro groups is 1. The van der Waals surface area contributed by atoms with Gasteiger partial charge in [0.15, 0.2) is 0 Å². The quantitative estimate of drug-likeness (QED) is 0.617. The maximum absolute atomic E-state index is 12.0. The lowest BCUT2D eigenvalue weighted by atomic mass is 10.2. The lowest BCUT2D eigenvalue weighted by molar-refractivity contribution is -0.385. The Balaban J connectivity index is 2.83. The molecule has 0 unspecified atom stereocenters. The Morgan fingerprint density at radius 3 is 2.57 bits per heavy atom. The van der Waals surface area contributed by atoms with Gasteiger partial charge in [-0.3, -0.25) is 14.9 Å². The molecule has 0 atom stereocenters. The maximum Gasteiger partial charge on any atom is 0.323 e. The molecule has 1 rings (SSSR count). The highest BCUT2D eigenvalue weighted by atomic mass is 16.6. The molecule has 0 spiro atoms. The summed E-state index contributed by atoms with van der Waals surface area (Å²) >= 11 is 0. The van der Waals surface area contributed by atoms with E-state index in [1.54, 1.807) is 6.92 Å². The minimum Gasteiger partial charge on any atom is -0.480 e. The van der Waals surface area contributed by atoms with Crippen LogP contribution in [0.25, 0.3) is 0 Å². The number of carboxylic acid groups (broad SMARTS) is 1. The van der Waals surface area contributed by atoms with Gasteiger partial charge in [0.2, 0.25) is 0 Å². The number of hydrogen-bond acceptors (Lipinski definition) is 4. The van der Waals surface area contributed by atoms with Crippen LogP contribution in [0.2, 0.25) is 0 Å². The number of nitrogens with one attached hydrogen (secondary N) is 1. The first-order valence-corrected chi connectivity index (χ1v) is 6.38. The van der Waals surface area contributed by atoms with Crippen LogP contribution in [0.1, 0.15) is 18.9 Å². The van der Waals surface area contributed by atoms with Crippen LogP contribution in [0.15, 0.2) is 18.2 Å². The summed E-state index contributed by atoms with van der Waals surface area (Å²) in [4.78, 5) is 34.1. The van der Waals surface area contributed by atoms with Crippen molar-refractivity contribution in [3.05, 3.63) is 33.9 Å². The number of urea groups is 1. The first kappa shape index (κ1) is 16.4. The molecule has 2 amide bonds. The summed E-state index contributed by atoms with van der Waals surface area (Å²) in [6.07, 6.45) is 0.625. The summed E-state index contributed by atoms with van der Waals surface area (Å²) < 4.78 is 0. The van der Waals surface area contributed by atoms with Gasteiger partial charge < -0.3 is 15.3 Å². The van der Waals surface area contributed by atoms with E-state index in [2.05, 4.69) is 5.32 Å². The van der Waals surface area contributed by atoms with Crippen LogP contribution < -0.4 is 5.32 Å².